The van der Waals surface area contributed by atoms with Crippen molar-refractivity contribution >= 4 is 34.1 Å². The number of anilines is 6. The monoisotopic (exact) mass is 570 g/mol. The molecule has 2 heteroatoms. The summed E-state index contributed by atoms with van der Waals surface area (Å²) in [7, 11) is 0. The van der Waals surface area contributed by atoms with Crippen LogP contribution in [0.5, 0.6) is 0 Å². The first-order chi connectivity index (χ1) is 21.7. The molecule has 6 aromatic rings. The summed E-state index contributed by atoms with van der Waals surface area (Å²) < 4.78 is 0. The van der Waals surface area contributed by atoms with E-state index in [1.807, 2.05) is 0 Å². The topological polar surface area (TPSA) is 6.48 Å². The summed E-state index contributed by atoms with van der Waals surface area (Å²) in [6, 6.07) is 52.7. The maximum Gasteiger partial charge on any atom is 0.0496 e. The standard InChI is InChI=1S/C42H38N2/c1-31-22-24-36(25-23-31)44(35-18-10-5-11-19-35)42-29-28-40(39-20-12-13-21-41(39)42)38-27-26-37(30-32(38)2)43(33-14-6-3-7-15-33)34-16-8-4-9-17-34/h3-11,14-19,22-30H,12-13,20-21H2,1-2H3. The Labute approximate surface area is 261 Å². The maximum atomic E-state index is 2.45. The molecule has 0 aromatic heterocycles. The molecule has 0 bridgehead atoms. The fourth-order valence-corrected chi connectivity index (χ4v) is 6.70. The Morgan fingerprint density at radius 1 is 0.409 bits per heavy atom. The van der Waals surface area contributed by atoms with Crippen molar-refractivity contribution in [2.75, 3.05) is 9.80 Å². The fraction of sp³-hybridized carbons (Fsp3) is 0.143. The third kappa shape index (κ3) is 5.40. The number of aryl methyl sites for hydroxylation is 2. The molecule has 0 amide bonds. The molecule has 6 aromatic carbocycles. The van der Waals surface area contributed by atoms with Gasteiger partial charge in [-0.15, -0.1) is 0 Å². The number of rotatable bonds is 7. The summed E-state index contributed by atoms with van der Waals surface area (Å²) in [6.07, 6.45) is 4.66. The van der Waals surface area contributed by atoms with Crippen molar-refractivity contribution in [2.24, 2.45) is 0 Å². The van der Waals surface area contributed by atoms with Crippen molar-refractivity contribution in [1.82, 2.24) is 0 Å². The van der Waals surface area contributed by atoms with Gasteiger partial charge in [-0.1, -0.05) is 84.4 Å². The van der Waals surface area contributed by atoms with Gasteiger partial charge in [0.25, 0.3) is 0 Å². The van der Waals surface area contributed by atoms with Crippen LogP contribution in [0.15, 0.2) is 146 Å². The Bertz CT molecular complexity index is 1820. The third-order valence-corrected chi connectivity index (χ3v) is 8.84. The van der Waals surface area contributed by atoms with Crippen LogP contribution in [-0.2, 0) is 12.8 Å². The van der Waals surface area contributed by atoms with Crippen molar-refractivity contribution in [3.63, 3.8) is 0 Å². The number of nitrogens with zero attached hydrogens (tertiary/aromatic N) is 2. The van der Waals surface area contributed by atoms with Crippen molar-refractivity contribution in [3.8, 4) is 11.1 Å². The molecule has 0 atom stereocenters. The lowest BCUT2D eigenvalue weighted by molar-refractivity contribution is 0.687. The first-order valence-corrected chi connectivity index (χ1v) is 15.8. The van der Waals surface area contributed by atoms with Gasteiger partial charge in [-0.05, 0) is 134 Å². The molecular weight excluding hydrogens is 532 g/mol. The zero-order chi connectivity index (χ0) is 29.9. The van der Waals surface area contributed by atoms with Crippen LogP contribution >= 0.6 is 0 Å². The molecule has 0 radical (unpaired) electrons. The number of hydrogen-bond donors (Lipinski definition) is 0. The quantitative estimate of drug-likeness (QED) is 0.188. The maximum absolute atomic E-state index is 2.45. The predicted molar refractivity (Wildman–Crippen MR) is 187 cm³/mol. The van der Waals surface area contributed by atoms with Crippen LogP contribution in [0.4, 0.5) is 34.1 Å². The van der Waals surface area contributed by atoms with E-state index in [4.69, 9.17) is 0 Å². The van der Waals surface area contributed by atoms with Gasteiger partial charge in [0, 0.05) is 34.1 Å². The zero-order valence-electron chi connectivity index (χ0n) is 25.6. The molecule has 0 saturated heterocycles. The smallest absolute Gasteiger partial charge is 0.0496 e. The molecule has 0 N–H and O–H groups in total. The van der Waals surface area contributed by atoms with E-state index in [9.17, 15) is 0 Å². The van der Waals surface area contributed by atoms with Crippen LogP contribution in [0, 0.1) is 13.8 Å². The van der Waals surface area contributed by atoms with E-state index in [0.29, 0.717) is 0 Å². The van der Waals surface area contributed by atoms with Crippen LogP contribution < -0.4 is 9.80 Å². The summed E-state index contributed by atoms with van der Waals surface area (Å²) >= 11 is 0. The van der Waals surface area contributed by atoms with E-state index in [0.717, 1.165) is 24.2 Å². The van der Waals surface area contributed by atoms with E-state index in [1.54, 1.807) is 0 Å². The molecule has 0 heterocycles. The van der Waals surface area contributed by atoms with Crippen LogP contribution in [0.1, 0.15) is 35.1 Å². The molecule has 1 aliphatic rings. The fourth-order valence-electron chi connectivity index (χ4n) is 6.70. The van der Waals surface area contributed by atoms with Crippen LogP contribution in [-0.4, -0.2) is 0 Å². The van der Waals surface area contributed by atoms with Crippen LogP contribution in [0.2, 0.25) is 0 Å². The second-order valence-electron chi connectivity index (χ2n) is 11.8. The van der Waals surface area contributed by atoms with E-state index in [1.165, 1.54) is 69.0 Å². The van der Waals surface area contributed by atoms with E-state index in [2.05, 4.69) is 169 Å². The third-order valence-electron chi connectivity index (χ3n) is 8.84. The van der Waals surface area contributed by atoms with Gasteiger partial charge in [-0.2, -0.15) is 0 Å². The number of hydrogen-bond acceptors (Lipinski definition) is 2. The minimum Gasteiger partial charge on any atom is -0.310 e. The van der Waals surface area contributed by atoms with Gasteiger partial charge in [0.15, 0.2) is 0 Å². The summed E-state index contributed by atoms with van der Waals surface area (Å²) in [6.45, 7) is 4.42. The predicted octanol–water partition coefficient (Wildman–Crippen LogP) is 11.8. The highest BCUT2D eigenvalue weighted by atomic mass is 15.1. The lowest BCUT2D eigenvalue weighted by Crippen LogP contribution is -2.16. The molecule has 0 unspecified atom stereocenters. The van der Waals surface area contributed by atoms with Crippen LogP contribution in [0.25, 0.3) is 11.1 Å². The van der Waals surface area contributed by atoms with Gasteiger partial charge in [0.2, 0.25) is 0 Å². The summed E-state index contributed by atoms with van der Waals surface area (Å²) in [5.41, 5.74) is 15.4. The number of benzene rings is 6. The summed E-state index contributed by atoms with van der Waals surface area (Å²) in [5.74, 6) is 0. The summed E-state index contributed by atoms with van der Waals surface area (Å²) in [5, 5.41) is 0. The van der Waals surface area contributed by atoms with Gasteiger partial charge < -0.3 is 9.80 Å². The molecular formula is C42H38N2. The Balaban J connectivity index is 1.33. The SMILES string of the molecule is Cc1ccc(N(c2ccccc2)c2ccc(-c3ccc(N(c4ccccc4)c4ccccc4)cc3C)c3c2CCCC3)cc1. The first-order valence-electron chi connectivity index (χ1n) is 15.8. The van der Waals surface area contributed by atoms with Gasteiger partial charge in [-0.3, -0.25) is 0 Å². The lowest BCUT2D eigenvalue weighted by Gasteiger charge is -2.32. The van der Waals surface area contributed by atoms with Crippen molar-refractivity contribution in [2.45, 2.75) is 39.5 Å². The van der Waals surface area contributed by atoms with Crippen molar-refractivity contribution in [1.29, 1.82) is 0 Å². The second-order valence-corrected chi connectivity index (χ2v) is 11.8. The zero-order valence-corrected chi connectivity index (χ0v) is 25.6. The number of para-hydroxylation sites is 3. The van der Waals surface area contributed by atoms with Crippen molar-refractivity contribution in [3.05, 3.63) is 168 Å². The average molecular weight is 571 g/mol. The molecule has 44 heavy (non-hydrogen) atoms. The Kier molecular flexibility index (Phi) is 7.73. The largest absolute Gasteiger partial charge is 0.310 e. The summed E-state index contributed by atoms with van der Waals surface area (Å²) in [4.78, 5) is 4.79. The Morgan fingerprint density at radius 3 is 1.45 bits per heavy atom. The minimum atomic E-state index is 1.10. The molecule has 7 rings (SSSR count). The molecule has 0 aliphatic heterocycles. The normalized spacial score (nSPS) is 12.4. The van der Waals surface area contributed by atoms with E-state index in [-0.39, 0.29) is 0 Å². The van der Waals surface area contributed by atoms with Crippen molar-refractivity contribution < 1.29 is 0 Å². The Hall–Kier alpha value is -5.08. The Morgan fingerprint density at radius 2 is 0.886 bits per heavy atom. The lowest BCUT2D eigenvalue weighted by atomic mass is 9.83. The molecule has 0 spiro atoms. The van der Waals surface area contributed by atoms with Gasteiger partial charge in [0.1, 0.15) is 0 Å². The van der Waals surface area contributed by atoms with Gasteiger partial charge in [-0.25, -0.2) is 0 Å². The highest BCUT2D eigenvalue weighted by Gasteiger charge is 2.24. The van der Waals surface area contributed by atoms with Gasteiger partial charge in [0.05, 0.1) is 0 Å². The van der Waals surface area contributed by atoms with Gasteiger partial charge >= 0.3 is 0 Å². The molecule has 1 aliphatic carbocycles. The molecule has 216 valence electrons. The average Bonchev–Trinajstić information content (AvgIpc) is 3.08. The second kappa shape index (κ2) is 12.3. The van der Waals surface area contributed by atoms with Crippen LogP contribution in [0.3, 0.4) is 0 Å². The number of fused-ring (bicyclic) bond motifs is 1. The highest BCUT2D eigenvalue weighted by molar-refractivity contribution is 5.85. The minimum absolute atomic E-state index is 1.10. The van der Waals surface area contributed by atoms with E-state index < -0.39 is 0 Å². The molecule has 2 nitrogen and oxygen atoms in total. The molecule has 0 fully saturated rings. The highest BCUT2D eigenvalue weighted by Crippen LogP contribution is 2.44. The van der Waals surface area contributed by atoms with E-state index >= 15 is 0 Å². The molecule has 0 saturated carbocycles. The first kappa shape index (κ1) is 27.7.